The average molecular weight is 1530 g/mol. The molecule has 0 N–H and O–H groups in total. The van der Waals surface area contributed by atoms with Crippen LogP contribution in [-0.2, 0) is 78.7 Å². The highest BCUT2D eigenvalue weighted by Crippen LogP contribution is 2.89. The van der Waals surface area contributed by atoms with Gasteiger partial charge in [0.05, 0.1) is 101 Å². The van der Waals surface area contributed by atoms with E-state index < -0.39 is 62.5 Å². The molecule has 116 heavy (non-hydrogen) atoms. The summed E-state index contributed by atoms with van der Waals surface area (Å²) in [5.41, 5.74) is 12.7. The Labute approximate surface area is 658 Å². The molecule has 2 atom stereocenters. The van der Waals surface area contributed by atoms with Crippen molar-refractivity contribution in [3.05, 3.63) is 44.5 Å². The number of likely N-dealkylation sites (tertiary alicyclic amines) is 2. The summed E-state index contributed by atoms with van der Waals surface area (Å²) >= 11 is 0. The molecule has 2 unspecified atom stereocenters. The third kappa shape index (κ3) is 5.39. The second kappa shape index (κ2) is 17.2. The molecule has 4 spiro atoms. The van der Waals surface area contributed by atoms with Gasteiger partial charge < -0.3 is 37.9 Å². The molecule has 16 nitrogen and oxygen atoms in total. The van der Waals surface area contributed by atoms with Crippen molar-refractivity contribution in [3.8, 4) is 11.1 Å². The molecule has 0 amide bonds. The van der Waals surface area contributed by atoms with E-state index >= 15 is 0 Å². The number of hydrogen-bond donors (Lipinski definition) is 0. The van der Waals surface area contributed by atoms with Crippen LogP contribution in [0.3, 0.4) is 0 Å². The topological polar surface area (TPSA) is 155 Å². The molecule has 0 saturated carbocycles. The van der Waals surface area contributed by atoms with Crippen molar-refractivity contribution in [3.63, 3.8) is 0 Å². The number of benzene rings is 16. The summed E-state index contributed by atoms with van der Waals surface area (Å²) in [7, 11) is 0. The van der Waals surface area contributed by atoms with Gasteiger partial charge in [-0.15, -0.1) is 0 Å². The first kappa shape index (κ1) is 61.6. The van der Waals surface area contributed by atoms with E-state index in [-0.39, 0.29) is 31.6 Å². The number of carbonyl (C=O) groups is 4. The molecule has 2 fully saturated rings. The van der Waals surface area contributed by atoms with E-state index in [1.807, 2.05) is 83.1 Å². The molecule has 2 saturated heterocycles. The maximum absolute atomic E-state index is 13.2. The predicted octanol–water partition coefficient (Wildman–Crippen LogP) is 17.5. The Balaban J connectivity index is 0.572. The fourth-order valence-corrected chi connectivity index (χ4v) is 31.6. The lowest BCUT2D eigenvalue weighted by atomic mass is 9.49. The highest BCUT2D eigenvalue weighted by atomic mass is 16.6. The summed E-state index contributed by atoms with van der Waals surface area (Å²) in [4.78, 5) is 62.2. The van der Waals surface area contributed by atoms with Crippen LogP contribution in [0, 0.1) is 0 Å². The predicted molar refractivity (Wildman–Crippen MR) is 459 cm³/mol. The van der Waals surface area contributed by atoms with Gasteiger partial charge in [0.25, 0.3) is 0 Å². The van der Waals surface area contributed by atoms with Gasteiger partial charge in [0.2, 0.25) is 0 Å². The molecule has 16 heteroatoms. The molecule has 0 radical (unpaired) electrons. The second-order valence-electron chi connectivity index (χ2n) is 42.3. The molecule has 2 heterocycles. The maximum Gasteiger partial charge on any atom is 0.320 e. The number of rotatable bonds is 26. The minimum absolute atomic E-state index is 0.0488. The number of carbonyl (C=O) groups excluding carboxylic acids is 4. The summed E-state index contributed by atoms with van der Waals surface area (Å²) in [5.74, 6) is -1.57. The standard InChI is InChI=1S/C100H76N4O12/c1-93(2,3)113-33(105)25-101(26-34(106)114-94(4,5)6)13-17-109-21-23-111-19-15-103-29-97-85-71-61-50-41-37-38-40-45-39(37)46-43-48(41)56(61)67-59-52(43)63-54(46)65-58(45)66-55-47(40)44-49-42(38)51(50)62-57(49)68-60-53(44)64(55)76-80-70(60)82(78(68)86(97)72(62)71)92-84-83-89-79(69(59)81(77(67)85)91(83)100(92,97)32-103)75(63)87-73(65)74(66)88(76)99(90(80)84)31-104(30-98(87,89)99)16-20-112-24-22-110-18-14-102(27-35(107)115-95(7,8)9)28-36(108)116-96(10,11)12/h13-32H2,1-12H3. The van der Waals surface area contributed by atoms with Crippen molar-refractivity contribution in [1.29, 1.82) is 0 Å². The number of ether oxygens (including phenoxy) is 8. The molecule has 10 aliphatic rings. The van der Waals surface area contributed by atoms with Gasteiger partial charge in [-0.3, -0.25) is 38.8 Å². The number of esters is 4. The van der Waals surface area contributed by atoms with E-state index in [4.69, 9.17) is 37.9 Å². The van der Waals surface area contributed by atoms with Gasteiger partial charge >= 0.3 is 23.9 Å². The molecule has 0 bridgehead atoms. The molecule has 24 aromatic rings. The first-order valence-corrected chi connectivity index (χ1v) is 42.9. The van der Waals surface area contributed by atoms with Crippen LogP contribution in [0.15, 0.2) is 0 Å². The van der Waals surface area contributed by atoms with Crippen molar-refractivity contribution in [2.75, 3.05) is 131 Å². The molecule has 0 aromatic heterocycles. The Morgan fingerprint density at radius 3 is 0.612 bits per heavy atom. The van der Waals surface area contributed by atoms with E-state index in [1.165, 1.54) is 0 Å². The van der Waals surface area contributed by atoms with Crippen LogP contribution < -0.4 is 0 Å². The van der Waals surface area contributed by atoms with Gasteiger partial charge in [0, 0.05) is 52.4 Å². The van der Waals surface area contributed by atoms with Gasteiger partial charge in [0.1, 0.15) is 22.4 Å². The summed E-state index contributed by atoms with van der Waals surface area (Å²) in [5, 5.41) is 74.1. The third-order valence-corrected chi connectivity index (χ3v) is 32.8. The molecular weight excluding hydrogens is 1450 g/mol. The van der Waals surface area contributed by atoms with Crippen LogP contribution in [-0.4, -0.2) is 197 Å². The zero-order chi connectivity index (χ0) is 76.7. The van der Waals surface area contributed by atoms with Crippen molar-refractivity contribution < 1.29 is 57.1 Å². The Kier molecular flexibility index (Phi) is 9.11. The van der Waals surface area contributed by atoms with Crippen LogP contribution in [0.5, 0.6) is 0 Å². The van der Waals surface area contributed by atoms with Crippen molar-refractivity contribution in [2.45, 2.75) is 127 Å². The van der Waals surface area contributed by atoms with E-state index in [0.29, 0.717) is 65.9 Å². The van der Waals surface area contributed by atoms with Crippen molar-refractivity contribution >= 4 is 272 Å². The summed E-state index contributed by atoms with van der Waals surface area (Å²) in [6.07, 6.45) is 0. The molecule has 568 valence electrons. The van der Waals surface area contributed by atoms with Gasteiger partial charge in [-0.05, 0) is 386 Å². The lowest BCUT2D eigenvalue weighted by Gasteiger charge is -2.50. The van der Waals surface area contributed by atoms with Gasteiger partial charge in [-0.1, -0.05) is 0 Å². The van der Waals surface area contributed by atoms with Gasteiger partial charge in [-0.2, -0.15) is 0 Å². The lowest BCUT2D eigenvalue weighted by molar-refractivity contribution is -0.162. The van der Waals surface area contributed by atoms with Crippen molar-refractivity contribution in [2.24, 2.45) is 0 Å². The minimum atomic E-state index is -0.658. The minimum Gasteiger partial charge on any atom is -0.459 e. The van der Waals surface area contributed by atoms with Gasteiger partial charge in [-0.25, -0.2) is 0 Å². The fraction of sp³-hybridized carbons (Fsp3) is 0.400. The first-order valence-electron chi connectivity index (χ1n) is 42.9. The summed E-state index contributed by atoms with van der Waals surface area (Å²) in [6.45, 7) is 31.4. The van der Waals surface area contributed by atoms with E-state index in [9.17, 15) is 19.2 Å². The van der Waals surface area contributed by atoms with E-state index in [2.05, 4.69) is 9.80 Å². The molecule has 24 aromatic carbocycles. The molecule has 8 aliphatic carbocycles. The third-order valence-electron chi connectivity index (χ3n) is 32.8. The van der Waals surface area contributed by atoms with Crippen LogP contribution >= 0.6 is 0 Å². The summed E-state index contributed by atoms with van der Waals surface area (Å²) < 4.78 is 49.2. The monoisotopic (exact) mass is 1520 g/mol. The average Bonchev–Trinajstić information content (AvgIpc) is 1.37. The number of nitrogens with zero attached hydrogens (tertiary/aromatic N) is 4. The second-order valence-corrected chi connectivity index (χ2v) is 42.3. The fourth-order valence-electron chi connectivity index (χ4n) is 31.6. The highest BCUT2D eigenvalue weighted by molar-refractivity contribution is 6.79. The van der Waals surface area contributed by atoms with E-state index in [1.54, 1.807) is 313 Å². The lowest BCUT2D eigenvalue weighted by Crippen LogP contribution is -2.51. The Morgan fingerprint density at radius 2 is 0.405 bits per heavy atom. The van der Waals surface area contributed by atoms with E-state index in [0.717, 1.165) is 39.3 Å². The largest absolute Gasteiger partial charge is 0.459 e. The molecule has 2 aliphatic heterocycles. The van der Waals surface area contributed by atoms with Crippen LogP contribution in [0.1, 0.15) is 128 Å². The van der Waals surface area contributed by atoms with Crippen molar-refractivity contribution in [1.82, 2.24) is 19.6 Å². The Morgan fingerprint density at radius 1 is 0.241 bits per heavy atom. The number of hydrogen-bond acceptors (Lipinski definition) is 16. The summed E-state index contributed by atoms with van der Waals surface area (Å²) in [6, 6.07) is 0. The normalized spacial score (nSPS) is 22.5. The highest BCUT2D eigenvalue weighted by Gasteiger charge is 2.79. The Bertz CT molecular complexity index is 8250. The van der Waals surface area contributed by atoms with Gasteiger partial charge in [0.15, 0.2) is 0 Å². The quantitative estimate of drug-likeness (QED) is 0.0218. The van der Waals surface area contributed by atoms with Crippen LogP contribution in [0.2, 0.25) is 0 Å². The molecule has 34 rings (SSSR count). The first-order chi connectivity index (χ1) is 55.8. The van der Waals surface area contributed by atoms with Crippen LogP contribution in [0.4, 0.5) is 0 Å². The van der Waals surface area contributed by atoms with Crippen LogP contribution in [0.25, 0.3) is 259 Å². The zero-order valence-corrected chi connectivity index (χ0v) is 66.8. The smallest absolute Gasteiger partial charge is 0.320 e. The maximum atomic E-state index is 13.2. The zero-order valence-electron chi connectivity index (χ0n) is 66.8. The SMILES string of the molecule is CC(C)(C)OC(=O)CN(CCOCCOCCN1CC23c4c5c6c7c8c9c%10c%11c%12c%13c%14c(c-5c5c%15c%16c(c%17c%18c2c2c4c7c4c8c7c%10c8c%10c%11c%11c%13c(c%14%15)c%13c%16c%14c%17c%15c%18c%16c2c4c2c7c8c4c(c%162)c%15c2c%14c%13c%11c%10c24)C53C1)C61CN(CCOCCOCCN(CC(=O)OC(C)(C)C)CC(=O)OC(C)(C)C)CC9%121)CC(=O)OC(C)(C)C. The molecular formula is C100H76N4O12. The Hall–Kier alpha value is -9.72.